The van der Waals surface area contributed by atoms with Gasteiger partial charge in [-0.05, 0) is 30.9 Å². The van der Waals surface area contributed by atoms with Crippen molar-refractivity contribution in [1.29, 1.82) is 0 Å². The maximum absolute atomic E-state index is 12.2. The SMILES string of the molecule is CC(C)[N+]12CCC(CC1)[C@H](C(O)(c1ccccc1)c1ccccc1)C2. The molecule has 3 fully saturated rings. The molecule has 3 heterocycles. The Morgan fingerprint density at radius 1 is 0.880 bits per heavy atom. The van der Waals surface area contributed by atoms with Gasteiger partial charge in [0.05, 0.1) is 25.7 Å². The van der Waals surface area contributed by atoms with Gasteiger partial charge >= 0.3 is 0 Å². The molecule has 3 aliphatic heterocycles. The summed E-state index contributed by atoms with van der Waals surface area (Å²) < 4.78 is 1.17. The second-order valence-corrected chi connectivity index (χ2v) is 8.38. The molecule has 1 N–H and O–H groups in total. The maximum Gasteiger partial charge on any atom is 0.123 e. The Balaban J connectivity index is 1.82. The van der Waals surface area contributed by atoms with Crippen molar-refractivity contribution in [2.24, 2.45) is 11.8 Å². The molecule has 25 heavy (non-hydrogen) atoms. The van der Waals surface area contributed by atoms with Crippen molar-refractivity contribution in [3.63, 3.8) is 0 Å². The highest BCUT2D eigenvalue weighted by Crippen LogP contribution is 2.49. The zero-order chi connectivity index (χ0) is 17.5. The fourth-order valence-electron chi connectivity index (χ4n) is 5.41. The molecule has 0 spiro atoms. The fraction of sp³-hybridized carbons (Fsp3) is 0.478. The van der Waals surface area contributed by atoms with E-state index in [2.05, 4.69) is 62.4 Å². The summed E-state index contributed by atoms with van der Waals surface area (Å²) in [6, 6.07) is 21.3. The quantitative estimate of drug-likeness (QED) is 0.830. The van der Waals surface area contributed by atoms with Gasteiger partial charge in [0.2, 0.25) is 0 Å². The predicted molar refractivity (Wildman–Crippen MR) is 102 cm³/mol. The Morgan fingerprint density at radius 3 is 1.80 bits per heavy atom. The Morgan fingerprint density at radius 2 is 1.36 bits per heavy atom. The first-order chi connectivity index (χ1) is 12.1. The van der Waals surface area contributed by atoms with Gasteiger partial charge in [-0.25, -0.2) is 0 Å². The van der Waals surface area contributed by atoms with Gasteiger partial charge in [0, 0.05) is 18.8 Å². The molecule has 3 saturated heterocycles. The third kappa shape index (κ3) is 2.63. The van der Waals surface area contributed by atoms with Crippen molar-refractivity contribution in [1.82, 2.24) is 0 Å². The summed E-state index contributed by atoms with van der Waals surface area (Å²) in [5.74, 6) is 0.895. The number of quaternary nitrogens is 1. The van der Waals surface area contributed by atoms with Crippen molar-refractivity contribution in [3.05, 3.63) is 71.8 Å². The minimum absolute atomic E-state index is 0.280. The molecule has 2 bridgehead atoms. The number of hydrogen-bond donors (Lipinski definition) is 1. The molecule has 0 amide bonds. The molecule has 2 aromatic rings. The molecular formula is C23H30NO+. The molecule has 2 nitrogen and oxygen atoms in total. The van der Waals surface area contributed by atoms with Gasteiger partial charge in [-0.2, -0.15) is 0 Å². The summed E-state index contributed by atoms with van der Waals surface area (Å²) >= 11 is 0. The third-order valence-electron chi connectivity index (χ3n) is 7.08. The third-order valence-corrected chi connectivity index (χ3v) is 7.08. The van der Waals surface area contributed by atoms with E-state index in [-0.39, 0.29) is 5.92 Å². The predicted octanol–water partition coefficient (Wildman–Crippen LogP) is 4.19. The molecule has 0 aliphatic carbocycles. The zero-order valence-electron chi connectivity index (χ0n) is 15.4. The van der Waals surface area contributed by atoms with E-state index in [1.807, 2.05) is 12.1 Å². The fourth-order valence-corrected chi connectivity index (χ4v) is 5.41. The lowest BCUT2D eigenvalue weighted by molar-refractivity contribution is -0.966. The lowest BCUT2D eigenvalue weighted by atomic mass is 9.64. The number of hydrogen-bond acceptors (Lipinski definition) is 1. The number of piperidine rings is 3. The van der Waals surface area contributed by atoms with E-state index in [0.29, 0.717) is 12.0 Å². The van der Waals surface area contributed by atoms with Gasteiger partial charge < -0.3 is 9.59 Å². The highest BCUT2D eigenvalue weighted by atomic mass is 16.3. The topological polar surface area (TPSA) is 20.2 Å². The number of fused-ring (bicyclic) bond motifs is 3. The lowest BCUT2D eigenvalue weighted by Gasteiger charge is -2.58. The highest BCUT2D eigenvalue weighted by Gasteiger charge is 2.55. The number of nitrogens with zero attached hydrogens (tertiary/aromatic N) is 1. The Hall–Kier alpha value is -1.64. The van der Waals surface area contributed by atoms with Gasteiger partial charge in [0.1, 0.15) is 5.60 Å². The van der Waals surface area contributed by atoms with Crippen LogP contribution in [0.15, 0.2) is 60.7 Å². The van der Waals surface area contributed by atoms with Crippen LogP contribution in [0.5, 0.6) is 0 Å². The van der Waals surface area contributed by atoms with Crippen LogP contribution in [0.1, 0.15) is 37.8 Å². The zero-order valence-corrected chi connectivity index (χ0v) is 15.4. The Labute approximate surface area is 151 Å². The Bertz CT molecular complexity index is 662. The van der Waals surface area contributed by atoms with E-state index in [9.17, 15) is 5.11 Å². The first-order valence-electron chi connectivity index (χ1n) is 9.75. The molecule has 0 aromatic heterocycles. The number of rotatable bonds is 4. The Kier molecular flexibility index (Phi) is 4.21. The van der Waals surface area contributed by atoms with Crippen molar-refractivity contribution in [2.75, 3.05) is 19.6 Å². The summed E-state index contributed by atoms with van der Waals surface area (Å²) in [6.07, 6.45) is 2.48. The van der Waals surface area contributed by atoms with Crippen LogP contribution in [-0.4, -0.2) is 35.3 Å². The normalized spacial score (nSPS) is 29.1. The van der Waals surface area contributed by atoms with E-state index in [4.69, 9.17) is 0 Å². The number of benzene rings is 2. The van der Waals surface area contributed by atoms with Crippen molar-refractivity contribution < 1.29 is 9.59 Å². The maximum atomic E-state index is 12.2. The van der Waals surface area contributed by atoms with Crippen LogP contribution in [0.4, 0.5) is 0 Å². The first-order valence-corrected chi connectivity index (χ1v) is 9.75. The molecular weight excluding hydrogens is 306 g/mol. The van der Waals surface area contributed by atoms with Crippen LogP contribution in [0, 0.1) is 11.8 Å². The van der Waals surface area contributed by atoms with Gasteiger partial charge in [0.25, 0.3) is 0 Å². The largest absolute Gasteiger partial charge is 0.380 e. The van der Waals surface area contributed by atoms with Gasteiger partial charge in [-0.15, -0.1) is 0 Å². The number of aliphatic hydroxyl groups is 1. The molecule has 0 unspecified atom stereocenters. The van der Waals surface area contributed by atoms with Crippen molar-refractivity contribution >= 4 is 0 Å². The second-order valence-electron chi connectivity index (χ2n) is 8.38. The molecule has 1 atom stereocenters. The summed E-state index contributed by atoms with van der Waals surface area (Å²) in [4.78, 5) is 0. The van der Waals surface area contributed by atoms with E-state index in [0.717, 1.165) is 17.7 Å². The van der Waals surface area contributed by atoms with Gasteiger partial charge in [-0.1, -0.05) is 60.7 Å². The highest BCUT2D eigenvalue weighted by molar-refractivity contribution is 5.37. The minimum Gasteiger partial charge on any atom is -0.380 e. The van der Waals surface area contributed by atoms with Crippen molar-refractivity contribution in [2.45, 2.75) is 38.3 Å². The summed E-state index contributed by atoms with van der Waals surface area (Å²) in [5, 5.41) is 12.2. The van der Waals surface area contributed by atoms with Gasteiger partial charge in [0.15, 0.2) is 0 Å². The van der Waals surface area contributed by atoms with Crippen LogP contribution in [0.2, 0.25) is 0 Å². The summed E-state index contributed by atoms with van der Waals surface area (Å²) in [5.41, 5.74) is 1.19. The molecule has 2 aromatic carbocycles. The molecule has 132 valence electrons. The summed E-state index contributed by atoms with van der Waals surface area (Å²) in [6.45, 7) is 8.35. The smallest absolute Gasteiger partial charge is 0.123 e. The van der Waals surface area contributed by atoms with Crippen molar-refractivity contribution in [3.8, 4) is 0 Å². The van der Waals surface area contributed by atoms with Gasteiger partial charge in [-0.3, -0.25) is 0 Å². The van der Waals surface area contributed by atoms with Crippen LogP contribution < -0.4 is 0 Å². The van der Waals surface area contributed by atoms with E-state index in [1.165, 1.54) is 30.4 Å². The molecule has 3 aliphatic rings. The van der Waals surface area contributed by atoms with E-state index >= 15 is 0 Å². The monoisotopic (exact) mass is 336 g/mol. The molecule has 0 saturated carbocycles. The van der Waals surface area contributed by atoms with E-state index in [1.54, 1.807) is 0 Å². The lowest BCUT2D eigenvalue weighted by Crippen LogP contribution is -2.67. The molecule has 0 radical (unpaired) electrons. The minimum atomic E-state index is -0.896. The average molecular weight is 336 g/mol. The summed E-state index contributed by atoms with van der Waals surface area (Å²) in [7, 11) is 0. The average Bonchev–Trinajstić information content (AvgIpc) is 2.69. The van der Waals surface area contributed by atoms with Crippen LogP contribution in [-0.2, 0) is 5.60 Å². The van der Waals surface area contributed by atoms with Crippen LogP contribution >= 0.6 is 0 Å². The standard InChI is InChI=1S/C23H30NO/c1-18(2)24-15-13-19(14-16-24)22(17-24)23(25,20-9-5-3-6-10-20)21-11-7-4-8-12-21/h3-12,18-19,22,25H,13-17H2,1-2H3/q+1/t19?,22-,24?/m1/s1. The first kappa shape index (κ1) is 16.8. The molecule has 5 rings (SSSR count). The van der Waals surface area contributed by atoms with Crippen LogP contribution in [0.25, 0.3) is 0 Å². The van der Waals surface area contributed by atoms with E-state index < -0.39 is 5.60 Å². The second kappa shape index (κ2) is 6.26. The molecule has 2 heteroatoms. The van der Waals surface area contributed by atoms with Crippen LogP contribution in [0.3, 0.4) is 0 Å².